The first-order valence-corrected chi connectivity index (χ1v) is 12.9. The van der Waals surface area contributed by atoms with Crippen LogP contribution < -0.4 is 0 Å². The van der Waals surface area contributed by atoms with E-state index in [-0.39, 0.29) is 5.82 Å². The molecule has 13 heavy (non-hydrogen) atoms. The molecule has 0 heterocycles. The van der Waals surface area contributed by atoms with Gasteiger partial charge in [-0.3, -0.25) is 6.58 Å². The second kappa shape index (κ2) is 8.82. The van der Waals surface area contributed by atoms with Gasteiger partial charge in [0.25, 0.3) is 0 Å². The number of hydrogen-bond acceptors (Lipinski definition) is 0. The maximum atomic E-state index is 12.6. The average Bonchev–Trinajstić information content (AvgIpc) is 2.18. The molecule has 0 aliphatic heterocycles. The monoisotopic (exact) mass is 340 g/mol. The number of hydrogen-bond donors (Lipinski definition) is 0. The molecule has 0 aliphatic carbocycles. The van der Waals surface area contributed by atoms with Crippen molar-refractivity contribution in [1.82, 2.24) is 0 Å². The molecule has 0 saturated heterocycles. The molecule has 0 radical (unpaired) electrons. The van der Waals surface area contributed by atoms with Crippen molar-refractivity contribution in [2.75, 3.05) is 0 Å². The summed E-state index contributed by atoms with van der Waals surface area (Å²) >= 11 is 3.62. The van der Waals surface area contributed by atoms with Gasteiger partial charge in [-0.15, -0.1) is 0 Å². The van der Waals surface area contributed by atoms with Crippen LogP contribution in [0.2, 0.25) is 0 Å². The van der Waals surface area contributed by atoms with E-state index in [0.717, 1.165) is 18.4 Å². The molecule has 3 heteroatoms. The van der Waals surface area contributed by atoms with Gasteiger partial charge in [0, 0.05) is 0 Å². The quantitative estimate of drug-likeness (QED) is 0.447. The van der Waals surface area contributed by atoms with Crippen molar-refractivity contribution >= 4 is 19.8 Å². The summed E-state index contributed by atoms with van der Waals surface area (Å²) in [4.78, 5) is 0. The molecular weight excluding hydrogens is 331 g/mol. The Balaban J connectivity index is 0.000000671. The molecule has 0 fully saturated rings. The van der Waals surface area contributed by atoms with Crippen molar-refractivity contribution in [1.29, 1.82) is 0 Å². The van der Waals surface area contributed by atoms with Gasteiger partial charge in [-0.05, 0) is 17.7 Å². The summed E-state index contributed by atoms with van der Waals surface area (Å²) in [6, 6.07) is 6.60. The minimum atomic E-state index is -0.174. The third kappa shape index (κ3) is 6.33. The molecule has 0 spiro atoms. The molecule has 1 aromatic carbocycles. The third-order valence-electron chi connectivity index (χ3n) is 1.48. The van der Waals surface area contributed by atoms with E-state index in [1.165, 1.54) is 26.9 Å². The molecule has 0 atom stereocenters. The molecule has 1 rings (SSSR count). The van der Waals surface area contributed by atoms with Gasteiger partial charge in [0.15, 0.2) is 0 Å². The van der Waals surface area contributed by atoms with Crippen LogP contribution in [0.4, 0.5) is 4.39 Å². The topological polar surface area (TPSA) is 0 Å². The molecule has 1 aromatic rings. The number of rotatable bonds is 3. The van der Waals surface area contributed by atoms with Crippen molar-refractivity contribution in [2.45, 2.75) is 12.8 Å². The minimum absolute atomic E-state index is 0.174. The van der Waals surface area contributed by atoms with Crippen molar-refractivity contribution < 1.29 is 19.2 Å². The van der Waals surface area contributed by atoms with Gasteiger partial charge in [0.2, 0.25) is 0 Å². The summed E-state index contributed by atoms with van der Waals surface area (Å²) in [6.07, 6.45) is 4.37. The van der Waals surface area contributed by atoms with E-state index in [4.69, 9.17) is 0 Å². The van der Waals surface area contributed by atoms with Crippen LogP contribution in [0.25, 0.3) is 0 Å². The van der Waals surface area contributed by atoms with Crippen molar-refractivity contribution in [3.63, 3.8) is 0 Å². The zero-order valence-electron chi connectivity index (χ0n) is 7.39. The molecule has 0 nitrogen and oxygen atoms in total. The van der Waals surface area contributed by atoms with Gasteiger partial charge in [-0.2, -0.15) is 6.42 Å². The van der Waals surface area contributed by atoms with E-state index in [2.05, 4.69) is 32.4 Å². The molecule has 0 aliphatic rings. The molecule has 66 valence electrons. The Hall–Kier alpha value is 0.243. The van der Waals surface area contributed by atoms with E-state index in [1.807, 2.05) is 6.07 Å². The summed E-state index contributed by atoms with van der Waals surface area (Å²) in [5.41, 5.74) is 1.00. The fraction of sp³-hybridized carbons (Fsp3) is 0.200. The Labute approximate surface area is 99.5 Å². The zero-order valence-corrected chi connectivity index (χ0v) is 12.5. The van der Waals surface area contributed by atoms with Crippen LogP contribution in [0.15, 0.2) is 30.8 Å². The number of halogens is 2. The van der Waals surface area contributed by atoms with E-state index in [1.54, 1.807) is 6.07 Å². The molecular formula is C10H10FIZn. The first-order valence-electron chi connectivity index (χ1n) is 3.84. The van der Waals surface area contributed by atoms with E-state index < -0.39 is 0 Å². The van der Waals surface area contributed by atoms with Crippen LogP contribution in [0, 0.1) is 11.9 Å². The second-order valence-corrected chi connectivity index (χ2v) is 2.38. The molecule has 0 amide bonds. The van der Waals surface area contributed by atoms with Gasteiger partial charge in [0.05, 0.1) is 0 Å². The van der Waals surface area contributed by atoms with Crippen LogP contribution in [0.3, 0.4) is 0 Å². The molecule has 0 bridgehead atoms. The Morgan fingerprint density at radius 3 is 2.69 bits per heavy atom. The van der Waals surface area contributed by atoms with Crippen LogP contribution in [0.5, 0.6) is 0 Å². The Bertz CT molecular complexity index is 250. The van der Waals surface area contributed by atoms with E-state index in [9.17, 15) is 4.39 Å². The van der Waals surface area contributed by atoms with Crippen LogP contribution in [-0.2, 0) is 21.2 Å². The average molecular weight is 341 g/mol. The number of aryl methyl sites for hydroxylation is 1. The van der Waals surface area contributed by atoms with Crippen molar-refractivity contribution in [2.24, 2.45) is 0 Å². The summed E-state index contributed by atoms with van der Waals surface area (Å²) in [5.74, 6) is -0.174. The molecule has 0 aromatic heterocycles. The van der Waals surface area contributed by atoms with Gasteiger partial charge in [-0.25, -0.2) is 4.39 Å². The zero-order chi connectivity index (χ0) is 10.1. The van der Waals surface area contributed by atoms with Gasteiger partial charge in [-0.1, -0.05) is 18.6 Å². The summed E-state index contributed by atoms with van der Waals surface area (Å²) in [7, 11) is 0. The standard InChI is InChI=1S/C10H10F.HI.Zn/c1-2-3-5-9-6-4-7-10(11)8-9;;/h4,6-8H,1,3,5H2;1H;/q-1;;+2/p-1. The molecule has 0 saturated carbocycles. The van der Waals surface area contributed by atoms with Gasteiger partial charge in [0.1, 0.15) is 5.82 Å². The fourth-order valence-corrected chi connectivity index (χ4v) is 0.925. The predicted molar refractivity (Wildman–Crippen MR) is 57.6 cm³/mol. The SMILES string of the molecule is C=[C-]CCc1cccc(F)c1.[Zn+][I]. The Kier molecular flexibility index (Phi) is 8.99. The predicted octanol–water partition coefficient (Wildman–Crippen LogP) is 3.63. The summed E-state index contributed by atoms with van der Waals surface area (Å²) in [6.45, 7) is 3.48. The Morgan fingerprint density at radius 2 is 2.15 bits per heavy atom. The van der Waals surface area contributed by atoms with Crippen molar-refractivity contribution in [3.05, 3.63) is 48.3 Å². The first kappa shape index (κ1) is 13.2. The molecule has 0 N–H and O–H groups in total. The third-order valence-corrected chi connectivity index (χ3v) is 1.48. The number of allylic oxidation sites excluding steroid dienone is 1. The van der Waals surface area contributed by atoms with Gasteiger partial charge < -0.3 is 6.08 Å². The Morgan fingerprint density at radius 1 is 1.46 bits per heavy atom. The first-order chi connectivity index (χ1) is 6.33. The fourth-order valence-electron chi connectivity index (χ4n) is 0.925. The summed E-state index contributed by atoms with van der Waals surface area (Å²) in [5, 5.41) is 0. The second-order valence-electron chi connectivity index (χ2n) is 2.38. The van der Waals surface area contributed by atoms with E-state index in [0.29, 0.717) is 0 Å². The van der Waals surface area contributed by atoms with Gasteiger partial charge >= 0.3 is 34.5 Å². The van der Waals surface area contributed by atoms with Crippen LogP contribution in [0.1, 0.15) is 12.0 Å². The number of benzene rings is 1. The summed E-state index contributed by atoms with van der Waals surface area (Å²) < 4.78 is 12.6. The molecule has 0 unspecified atom stereocenters. The van der Waals surface area contributed by atoms with Crippen LogP contribution in [-0.4, -0.2) is 0 Å². The van der Waals surface area contributed by atoms with Crippen molar-refractivity contribution in [3.8, 4) is 0 Å². The normalized spacial score (nSPS) is 8.62. The van der Waals surface area contributed by atoms with Crippen LogP contribution >= 0.6 is 19.8 Å². The van der Waals surface area contributed by atoms with E-state index >= 15 is 0 Å². The maximum absolute atomic E-state index is 12.6.